The molecule has 1 aromatic carbocycles. The second-order valence-electron chi connectivity index (χ2n) is 5.99. The topological polar surface area (TPSA) is 55.6 Å². The molecule has 1 fully saturated rings. The van der Waals surface area contributed by atoms with Crippen LogP contribution in [0.25, 0.3) is 0 Å². The quantitative estimate of drug-likeness (QED) is 0.925. The van der Waals surface area contributed by atoms with Gasteiger partial charge in [0.05, 0.1) is 12.5 Å². The molecule has 2 atom stereocenters. The van der Waals surface area contributed by atoms with Crippen molar-refractivity contribution >= 4 is 5.91 Å². The largest absolute Gasteiger partial charge is 0.493 e. The number of nitrogens with two attached hydrogens (primary N) is 1. The molecule has 4 nitrogen and oxygen atoms in total. The Hall–Kier alpha value is -1.55. The Bertz CT molecular complexity index is 503. The van der Waals surface area contributed by atoms with Crippen LogP contribution in [0.4, 0.5) is 0 Å². The van der Waals surface area contributed by atoms with Crippen molar-refractivity contribution in [2.75, 3.05) is 19.7 Å². The Morgan fingerprint density at radius 2 is 2.19 bits per heavy atom. The number of fused-ring (bicyclic) bond motifs is 1. The van der Waals surface area contributed by atoms with Gasteiger partial charge in [-0.1, -0.05) is 18.2 Å². The minimum atomic E-state index is -0.0339. The zero-order chi connectivity index (χ0) is 14.7. The van der Waals surface area contributed by atoms with Crippen LogP contribution < -0.4 is 10.5 Å². The maximum Gasteiger partial charge on any atom is 0.230 e. The number of nitrogens with zero attached hydrogens (tertiary/aromatic N) is 1. The SMILES string of the molecule is NCCCC1CCCN1C(=O)C1CCOc2ccccc21. The van der Waals surface area contributed by atoms with Gasteiger partial charge in [0, 0.05) is 18.2 Å². The Balaban J connectivity index is 1.76. The van der Waals surface area contributed by atoms with Crippen molar-refractivity contribution in [2.24, 2.45) is 5.73 Å². The second kappa shape index (κ2) is 6.48. The van der Waals surface area contributed by atoms with Crippen molar-refractivity contribution in [3.8, 4) is 5.75 Å². The number of ether oxygens (including phenoxy) is 1. The highest BCUT2D eigenvalue weighted by Crippen LogP contribution is 2.36. The van der Waals surface area contributed by atoms with Gasteiger partial charge in [0.1, 0.15) is 5.75 Å². The molecule has 3 rings (SSSR count). The zero-order valence-electron chi connectivity index (χ0n) is 12.5. The molecule has 114 valence electrons. The van der Waals surface area contributed by atoms with Crippen LogP contribution in [0.15, 0.2) is 24.3 Å². The number of rotatable bonds is 4. The van der Waals surface area contributed by atoms with Gasteiger partial charge < -0.3 is 15.4 Å². The van der Waals surface area contributed by atoms with Crippen molar-refractivity contribution in [1.29, 1.82) is 0 Å². The molecule has 0 spiro atoms. The molecule has 2 N–H and O–H groups in total. The first-order valence-electron chi connectivity index (χ1n) is 8.03. The minimum absolute atomic E-state index is 0.0339. The molecule has 1 aromatic rings. The molecular weight excluding hydrogens is 264 g/mol. The lowest BCUT2D eigenvalue weighted by Gasteiger charge is -2.32. The van der Waals surface area contributed by atoms with E-state index >= 15 is 0 Å². The summed E-state index contributed by atoms with van der Waals surface area (Å²) in [6.45, 7) is 2.24. The number of hydrogen-bond donors (Lipinski definition) is 1. The molecule has 1 amide bonds. The third-order valence-electron chi connectivity index (χ3n) is 4.66. The van der Waals surface area contributed by atoms with Crippen LogP contribution in [0.2, 0.25) is 0 Å². The lowest BCUT2D eigenvalue weighted by atomic mass is 9.91. The van der Waals surface area contributed by atoms with Gasteiger partial charge in [0.2, 0.25) is 5.91 Å². The van der Waals surface area contributed by atoms with E-state index in [1.165, 1.54) is 0 Å². The lowest BCUT2D eigenvalue weighted by Crippen LogP contribution is -2.40. The maximum absolute atomic E-state index is 13.0. The standard InChI is InChI=1S/C17H24N2O2/c18-10-3-5-13-6-4-11-19(13)17(20)15-9-12-21-16-8-2-1-7-14(15)16/h1-2,7-8,13,15H,3-6,9-12,18H2. The van der Waals surface area contributed by atoms with E-state index in [0.29, 0.717) is 19.2 Å². The van der Waals surface area contributed by atoms with E-state index < -0.39 is 0 Å². The maximum atomic E-state index is 13.0. The Labute approximate surface area is 126 Å². The van der Waals surface area contributed by atoms with Gasteiger partial charge in [-0.15, -0.1) is 0 Å². The van der Waals surface area contributed by atoms with Gasteiger partial charge >= 0.3 is 0 Å². The van der Waals surface area contributed by atoms with Crippen LogP contribution in [-0.2, 0) is 4.79 Å². The number of benzene rings is 1. The van der Waals surface area contributed by atoms with Gasteiger partial charge in [-0.3, -0.25) is 4.79 Å². The van der Waals surface area contributed by atoms with E-state index in [-0.39, 0.29) is 11.8 Å². The molecule has 0 bridgehead atoms. The van der Waals surface area contributed by atoms with Gasteiger partial charge in [-0.25, -0.2) is 0 Å². The predicted octanol–water partition coefficient (Wildman–Crippen LogP) is 2.28. The lowest BCUT2D eigenvalue weighted by molar-refractivity contribution is -0.134. The summed E-state index contributed by atoms with van der Waals surface area (Å²) in [5.74, 6) is 1.12. The van der Waals surface area contributed by atoms with Gasteiger partial charge in [0.25, 0.3) is 0 Å². The first-order valence-corrected chi connectivity index (χ1v) is 8.03. The summed E-state index contributed by atoms with van der Waals surface area (Å²) in [6.07, 6.45) is 5.06. The second-order valence-corrected chi connectivity index (χ2v) is 5.99. The third kappa shape index (κ3) is 2.91. The minimum Gasteiger partial charge on any atom is -0.493 e. The molecule has 0 radical (unpaired) electrons. The van der Waals surface area contributed by atoms with Gasteiger partial charge in [0.15, 0.2) is 0 Å². The number of hydrogen-bond acceptors (Lipinski definition) is 3. The van der Waals surface area contributed by atoms with Crippen LogP contribution in [0.5, 0.6) is 5.75 Å². The first-order chi connectivity index (χ1) is 10.3. The monoisotopic (exact) mass is 288 g/mol. The third-order valence-corrected chi connectivity index (χ3v) is 4.66. The van der Waals surface area contributed by atoms with Crippen molar-refractivity contribution in [3.05, 3.63) is 29.8 Å². The molecule has 21 heavy (non-hydrogen) atoms. The number of para-hydroxylation sites is 1. The molecule has 0 aliphatic carbocycles. The molecular formula is C17H24N2O2. The van der Waals surface area contributed by atoms with Gasteiger partial charge in [-0.2, -0.15) is 0 Å². The fourth-order valence-electron chi connectivity index (χ4n) is 3.58. The molecule has 0 aromatic heterocycles. The van der Waals surface area contributed by atoms with Crippen molar-refractivity contribution in [2.45, 2.75) is 44.1 Å². The number of likely N-dealkylation sites (tertiary alicyclic amines) is 1. The summed E-state index contributed by atoms with van der Waals surface area (Å²) in [7, 11) is 0. The average Bonchev–Trinajstić information content (AvgIpc) is 3.00. The molecule has 0 saturated carbocycles. The Morgan fingerprint density at radius 3 is 3.05 bits per heavy atom. The summed E-state index contributed by atoms with van der Waals surface area (Å²) < 4.78 is 5.67. The molecule has 2 unspecified atom stereocenters. The molecule has 4 heteroatoms. The number of amides is 1. The Kier molecular flexibility index (Phi) is 4.44. The van der Waals surface area contributed by atoms with E-state index in [4.69, 9.17) is 10.5 Å². The fourth-order valence-corrected chi connectivity index (χ4v) is 3.58. The van der Waals surface area contributed by atoms with E-state index in [9.17, 15) is 4.79 Å². The Morgan fingerprint density at radius 1 is 1.33 bits per heavy atom. The summed E-state index contributed by atoms with van der Waals surface area (Å²) in [5, 5.41) is 0. The van der Waals surface area contributed by atoms with E-state index in [0.717, 1.165) is 50.0 Å². The van der Waals surface area contributed by atoms with Gasteiger partial charge in [-0.05, 0) is 44.7 Å². The normalized spacial score (nSPS) is 24.5. The average molecular weight is 288 g/mol. The highest BCUT2D eigenvalue weighted by Gasteiger charge is 2.35. The zero-order valence-corrected chi connectivity index (χ0v) is 12.5. The van der Waals surface area contributed by atoms with Crippen LogP contribution >= 0.6 is 0 Å². The molecule has 2 aliphatic heterocycles. The van der Waals surface area contributed by atoms with Crippen molar-refractivity contribution in [3.63, 3.8) is 0 Å². The number of carbonyl (C=O) groups excluding carboxylic acids is 1. The highest BCUT2D eigenvalue weighted by molar-refractivity contribution is 5.85. The molecule has 2 aliphatic rings. The first kappa shape index (κ1) is 14.4. The van der Waals surface area contributed by atoms with Crippen LogP contribution in [0, 0.1) is 0 Å². The van der Waals surface area contributed by atoms with Crippen molar-refractivity contribution in [1.82, 2.24) is 4.90 Å². The fraction of sp³-hybridized carbons (Fsp3) is 0.588. The summed E-state index contributed by atoms with van der Waals surface area (Å²) in [6, 6.07) is 8.33. The van der Waals surface area contributed by atoms with E-state index in [1.54, 1.807) is 0 Å². The molecule has 2 heterocycles. The van der Waals surface area contributed by atoms with Crippen LogP contribution in [0.1, 0.15) is 43.6 Å². The van der Waals surface area contributed by atoms with E-state index in [1.807, 2.05) is 24.3 Å². The highest BCUT2D eigenvalue weighted by atomic mass is 16.5. The van der Waals surface area contributed by atoms with Crippen LogP contribution in [0.3, 0.4) is 0 Å². The number of carbonyl (C=O) groups is 1. The summed E-state index contributed by atoms with van der Waals surface area (Å²) in [5.41, 5.74) is 6.67. The smallest absolute Gasteiger partial charge is 0.230 e. The van der Waals surface area contributed by atoms with Crippen molar-refractivity contribution < 1.29 is 9.53 Å². The van der Waals surface area contributed by atoms with Crippen LogP contribution in [-0.4, -0.2) is 36.5 Å². The summed E-state index contributed by atoms with van der Waals surface area (Å²) >= 11 is 0. The summed E-state index contributed by atoms with van der Waals surface area (Å²) in [4.78, 5) is 15.1. The predicted molar refractivity (Wildman–Crippen MR) is 82.3 cm³/mol. The molecule has 1 saturated heterocycles. The van der Waals surface area contributed by atoms with E-state index in [2.05, 4.69) is 4.90 Å².